The van der Waals surface area contributed by atoms with Crippen molar-refractivity contribution in [3.8, 4) is 0 Å². The van der Waals surface area contributed by atoms with Crippen molar-refractivity contribution in [3.63, 3.8) is 0 Å². The molecule has 0 heterocycles. The van der Waals surface area contributed by atoms with Crippen molar-refractivity contribution < 1.29 is 13.5 Å². The molecule has 0 saturated heterocycles. The Morgan fingerprint density at radius 3 is 2.40 bits per heavy atom. The maximum atomic E-state index is 13.4. The smallest absolute Gasteiger partial charge is 0.317 e. The highest BCUT2D eigenvalue weighted by Gasteiger charge is 2.31. The molecule has 0 N–H and O–H groups in total. The van der Waals surface area contributed by atoms with Gasteiger partial charge in [-0.2, -0.15) is 8.78 Å². The molecule has 1 rings (SSSR count). The van der Waals surface area contributed by atoms with E-state index < -0.39 is 6.11 Å². The summed E-state index contributed by atoms with van der Waals surface area (Å²) in [5, 5.41) is 0. The molecule has 15 heavy (non-hydrogen) atoms. The van der Waals surface area contributed by atoms with E-state index in [9.17, 15) is 8.78 Å². The normalized spacial score (nSPS) is 11.7. The minimum Gasteiger partial charge on any atom is -0.317 e. The second kappa shape index (κ2) is 5.81. The summed E-state index contributed by atoms with van der Waals surface area (Å²) in [7, 11) is 0. The Labute approximate surface area is 89.1 Å². The topological polar surface area (TPSA) is 9.23 Å². The Kier molecular flexibility index (Phi) is 4.69. The lowest BCUT2D eigenvalue weighted by molar-refractivity contribution is -0.249. The van der Waals surface area contributed by atoms with Crippen molar-refractivity contribution in [2.24, 2.45) is 0 Å². The van der Waals surface area contributed by atoms with E-state index in [4.69, 9.17) is 0 Å². The number of rotatable bonds is 6. The van der Waals surface area contributed by atoms with Gasteiger partial charge in [0.15, 0.2) is 0 Å². The van der Waals surface area contributed by atoms with Crippen LogP contribution in [0.4, 0.5) is 8.78 Å². The minimum absolute atomic E-state index is 0.0819. The highest BCUT2D eigenvalue weighted by Crippen LogP contribution is 2.29. The predicted octanol–water partition coefficient (Wildman–Crippen LogP) is 3.94. The molecule has 84 valence electrons. The van der Waals surface area contributed by atoms with Crippen LogP contribution >= 0.6 is 0 Å². The number of benzene rings is 1. The Bertz CT molecular complexity index is 272. The highest BCUT2D eigenvalue weighted by molar-refractivity contribution is 5.17. The van der Waals surface area contributed by atoms with Crippen molar-refractivity contribution in [3.05, 3.63) is 35.9 Å². The van der Waals surface area contributed by atoms with Crippen LogP contribution in [0.1, 0.15) is 31.7 Å². The SMILES string of the molecule is CCCCCOC(F)(F)c1ccccc1. The first-order chi connectivity index (χ1) is 7.17. The first-order valence-electron chi connectivity index (χ1n) is 5.24. The van der Waals surface area contributed by atoms with E-state index in [1.807, 2.05) is 6.92 Å². The molecule has 0 spiro atoms. The van der Waals surface area contributed by atoms with E-state index in [1.165, 1.54) is 12.1 Å². The van der Waals surface area contributed by atoms with E-state index in [-0.39, 0.29) is 12.2 Å². The molecule has 0 fully saturated rings. The lowest BCUT2D eigenvalue weighted by atomic mass is 10.2. The van der Waals surface area contributed by atoms with Crippen LogP contribution < -0.4 is 0 Å². The number of ether oxygens (including phenoxy) is 1. The van der Waals surface area contributed by atoms with Gasteiger partial charge in [0.25, 0.3) is 0 Å². The largest absolute Gasteiger partial charge is 0.383 e. The van der Waals surface area contributed by atoms with Crippen LogP contribution in [0, 0.1) is 0 Å². The van der Waals surface area contributed by atoms with Gasteiger partial charge in [-0.25, -0.2) is 0 Å². The molecule has 0 radical (unpaired) electrons. The zero-order chi connectivity index (χ0) is 11.1. The Balaban J connectivity index is 2.45. The lowest BCUT2D eigenvalue weighted by Crippen LogP contribution is -2.18. The van der Waals surface area contributed by atoms with Crippen molar-refractivity contribution in [2.45, 2.75) is 32.3 Å². The van der Waals surface area contributed by atoms with Crippen LogP contribution in [0.2, 0.25) is 0 Å². The lowest BCUT2D eigenvalue weighted by Gasteiger charge is -2.16. The summed E-state index contributed by atoms with van der Waals surface area (Å²) in [5.74, 6) is 0. The number of unbranched alkanes of at least 4 members (excludes halogenated alkanes) is 2. The van der Waals surface area contributed by atoms with Gasteiger partial charge >= 0.3 is 6.11 Å². The molecule has 0 saturated carbocycles. The van der Waals surface area contributed by atoms with Crippen LogP contribution in [-0.2, 0) is 10.8 Å². The maximum absolute atomic E-state index is 13.4. The standard InChI is InChI=1S/C12H16F2O/c1-2-3-7-10-15-12(13,14)11-8-5-4-6-9-11/h4-6,8-9H,2-3,7,10H2,1H3. The van der Waals surface area contributed by atoms with Crippen molar-refractivity contribution >= 4 is 0 Å². The fourth-order valence-electron chi connectivity index (χ4n) is 1.27. The zero-order valence-corrected chi connectivity index (χ0v) is 8.88. The number of halogens is 2. The predicted molar refractivity (Wildman–Crippen MR) is 55.8 cm³/mol. The Morgan fingerprint density at radius 1 is 1.13 bits per heavy atom. The van der Waals surface area contributed by atoms with Gasteiger partial charge in [0.1, 0.15) is 0 Å². The fourth-order valence-corrected chi connectivity index (χ4v) is 1.27. The molecule has 1 aromatic rings. The summed E-state index contributed by atoms with van der Waals surface area (Å²) in [6, 6.07) is 7.62. The van der Waals surface area contributed by atoms with Crippen LogP contribution in [0.5, 0.6) is 0 Å². The Hall–Kier alpha value is -0.960. The number of alkyl halides is 2. The van der Waals surface area contributed by atoms with E-state index in [2.05, 4.69) is 4.74 Å². The van der Waals surface area contributed by atoms with Crippen LogP contribution in [0.25, 0.3) is 0 Å². The van der Waals surface area contributed by atoms with Crippen LogP contribution in [0.15, 0.2) is 30.3 Å². The van der Waals surface area contributed by atoms with E-state index in [0.717, 1.165) is 12.8 Å². The van der Waals surface area contributed by atoms with Crippen LogP contribution in [0.3, 0.4) is 0 Å². The summed E-state index contributed by atoms with van der Waals surface area (Å²) in [6.45, 7) is 2.13. The molecule has 0 atom stereocenters. The second-order valence-corrected chi connectivity index (χ2v) is 3.44. The van der Waals surface area contributed by atoms with E-state index >= 15 is 0 Å². The molecule has 0 aliphatic rings. The molecule has 1 nitrogen and oxygen atoms in total. The highest BCUT2D eigenvalue weighted by atomic mass is 19.3. The van der Waals surface area contributed by atoms with Gasteiger partial charge in [-0.3, -0.25) is 0 Å². The van der Waals surface area contributed by atoms with Crippen molar-refractivity contribution in [1.29, 1.82) is 0 Å². The average Bonchev–Trinajstić information content (AvgIpc) is 2.26. The van der Waals surface area contributed by atoms with Crippen molar-refractivity contribution in [2.75, 3.05) is 6.61 Å². The summed E-state index contributed by atoms with van der Waals surface area (Å²) < 4.78 is 31.3. The third kappa shape index (κ3) is 3.96. The molecular weight excluding hydrogens is 198 g/mol. The molecule has 0 aromatic heterocycles. The summed E-state index contributed by atoms with van der Waals surface area (Å²) in [5.41, 5.74) is -0.0819. The Morgan fingerprint density at radius 2 is 1.80 bits per heavy atom. The molecular formula is C12H16F2O. The third-order valence-corrected chi connectivity index (χ3v) is 2.14. The van der Waals surface area contributed by atoms with Crippen molar-refractivity contribution in [1.82, 2.24) is 0 Å². The zero-order valence-electron chi connectivity index (χ0n) is 8.88. The molecule has 0 amide bonds. The van der Waals surface area contributed by atoms with Gasteiger partial charge < -0.3 is 4.74 Å². The summed E-state index contributed by atoms with van der Waals surface area (Å²) in [4.78, 5) is 0. The van der Waals surface area contributed by atoms with Gasteiger partial charge in [-0.1, -0.05) is 50.1 Å². The van der Waals surface area contributed by atoms with E-state index in [0.29, 0.717) is 6.42 Å². The minimum atomic E-state index is -3.16. The maximum Gasteiger partial charge on any atom is 0.383 e. The third-order valence-electron chi connectivity index (χ3n) is 2.14. The van der Waals surface area contributed by atoms with Gasteiger partial charge in [-0.15, -0.1) is 0 Å². The molecule has 0 aliphatic carbocycles. The first-order valence-corrected chi connectivity index (χ1v) is 5.24. The van der Waals surface area contributed by atoms with Gasteiger partial charge in [0.2, 0.25) is 0 Å². The second-order valence-electron chi connectivity index (χ2n) is 3.44. The average molecular weight is 214 g/mol. The quantitative estimate of drug-likeness (QED) is 0.652. The molecule has 0 bridgehead atoms. The van der Waals surface area contributed by atoms with E-state index in [1.54, 1.807) is 18.2 Å². The summed E-state index contributed by atoms with van der Waals surface area (Å²) in [6.07, 6.45) is -0.556. The van der Waals surface area contributed by atoms with Gasteiger partial charge in [-0.05, 0) is 6.42 Å². The fraction of sp³-hybridized carbons (Fsp3) is 0.500. The molecule has 0 unspecified atom stereocenters. The van der Waals surface area contributed by atoms with Gasteiger partial charge in [0.05, 0.1) is 12.2 Å². The number of hydrogen-bond donors (Lipinski definition) is 0. The monoisotopic (exact) mass is 214 g/mol. The van der Waals surface area contributed by atoms with Gasteiger partial charge in [0, 0.05) is 0 Å². The summed E-state index contributed by atoms with van der Waals surface area (Å²) >= 11 is 0. The number of hydrogen-bond acceptors (Lipinski definition) is 1. The molecule has 3 heteroatoms. The molecule has 0 aliphatic heterocycles. The first kappa shape index (κ1) is 12.1. The molecule has 1 aromatic carbocycles. The van der Waals surface area contributed by atoms with Crippen LogP contribution in [-0.4, -0.2) is 6.61 Å².